The van der Waals surface area contributed by atoms with Crippen molar-refractivity contribution in [2.24, 2.45) is 4.99 Å². The van der Waals surface area contributed by atoms with Crippen LogP contribution in [0, 0.1) is 0 Å². The van der Waals surface area contributed by atoms with Crippen molar-refractivity contribution >= 4 is 5.96 Å². The predicted octanol–water partition coefficient (Wildman–Crippen LogP) is 2.40. The zero-order valence-corrected chi connectivity index (χ0v) is 13.2. The Kier molecular flexibility index (Phi) is 3.79. The first kappa shape index (κ1) is 14.2. The molecule has 2 aliphatic rings. The van der Waals surface area contributed by atoms with Crippen LogP contribution in [0.3, 0.4) is 0 Å². The molecule has 4 heteroatoms. The van der Waals surface area contributed by atoms with Gasteiger partial charge in [-0.15, -0.1) is 0 Å². The molecule has 0 spiro atoms. The SMILES string of the molecule is CN=C(NC1CC1(C)c1ccccc1OC)N1CCCC1. The molecule has 1 aliphatic carbocycles. The van der Waals surface area contributed by atoms with Gasteiger partial charge in [0.2, 0.25) is 0 Å². The summed E-state index contributed by atoms with van der Waals surface area (Å²) in [6, 6.07) is 8.78. The molecule has 1 N–H and O–H groups in total. The molecule has 3 rings (SSSR count). The summed E-state index contributed by atoms with van der Waals surface area (Å²) < 4.78 is 5.52. The number of benzene rings is 1. The number of likely N-dealkylation sites (tertiary alicyclic amines) is 1. The Morgan fingerprint density at radius 3 is 2.71 bits per heavy atom. The topological polar surface area (TPSA) is 36.9 Å². The zero-order chi connectivity index (χ0) is 14.9. The number of nitrogens with one attached hydrogen (secondary N) is 1. The first-order valence-electron chi connectivity index (χ1n) is 7.81. The lowest BCUT2D eigenvalue weighted by Gasteiger charge is -2.23. The van der Waals surface area contributed by atoms with Crippen molar-refractivity contribution in [2.45, 2.75) is 37.6 Å². The molecule has 0 radical (unpaired) electrons. The van der Waals surface area contributed by atoms with E-state index in [-0.39, 0.29) is 5.41 Å². The van der Waals surface area contributed by atoms with Crippen molar-refractivity contribution in [3.63, 3.8) is 0 Å². The lowest BCUT2D eigenvalue weighted by Crippen LogP contribution is -2.42. The summed E-state index contributed by atoms with van der Waals surface area (Å²) in [5, 5.41) is 3.64. The number of nitrogens with zero attached hydrogens (tertiary/aromatic N) is 2. The largest absolute Gasteiger partial charge is 0.496 e. The van der Waals surface area contributed by atoms with Crippen molar-refractivity contribution < 1.29 is 4.74 Å². The van der Waals surface area contributed by atoms with Crippen LogP contribution in [0.25, 0.3) is 0 Å². The summed E-state index contributed by atoms with van der Waals surface area (Å²) in [7, 11) is 3.62. The van der Waals surface area contributed by atoms with Crippen molar-refractivity contribution in [3.05, 3.63) is 29.8 Å². The highest BCUT2D eigenvalue weighted by Gasteiger charge is 2.53. The minimum atomic E-state index is 0.141. The molecule has 21 heavy (non-hydrogen) atoms. The second kappa shape index (κ2) is 5.58. The van der Waals surface area contributed by atoms with Gasteiger partial charge in [-0.05, 0) is 25.3 Å². The van der Waals surface area contributed by atoms with Gasteiger partial charge < -0.3 is 15.0 Å². The van der Waals surface area contributed by atoms with E-state index in [1.807, 2.05) is 19.2 Å². The van der Waals surface area contributed by atoms with Crippen LogP contribution < -0.4 is 10.1 Å². The van der Waals surface area contributed by atoms with Gasteiger partial charge in [-0.2, -0.15) is 0 Å². The number of hydrogen-bond donors (Lipinski definition) is 1. The Morgan fingerprint density at radius 1 is 1.33 bits per heavy atom. The van der Waals surface area contributed by atoms with Crippen molar-refractivity contribution in [1.82, 2.24) is 10.2 Å². The fraction of sp³-hybridized carbons (Fsp3) is 0.588. The van der Waals surface area contributed by atoms with Crippen LogP contribution in [0.2, 0.25) is 0 Å². The minimum Gasteiger partial charge on any atom is -0.496 e. The van der Waals surface area contributed by atoms with E-state index < -0.39 is 0 Å². The maximum atomic E-state index is 5.52. The number of guanidine groups is 1. The highest BCUT2D eigenvalue weighted by atomic mass is 16.5. The van der Waals surface area contributed by atoms with Gasteiger partial charge in [0.15, 0.2) is 5.96 Å². The molecule has 4 nitrogen and oxygen atoms in total. The third-order valence-electron chi connectivity index (χ3n) is 4.88. The second-order valence-electron chi connectivity index (χ2n) is 6.26. The fourth-order valence-corrected chi connectivity index (χ4v) is 3.37. The summed E-state index contributed by atoms with van der Waals surface area (Å²) in [5.74, 6) is 2.04. The van der Waals surface area contributed by atoms with Crippen LogP contribution >= 0.6 is 0 Å². The van der Waals surface area contributed by atoms with E-state index in [0.717, 1.165) is 31.2 Å². The molecule has 2 unspecified atom stereocenters. The van der Waals surface area contributed by atoms with Gasteiger partial charge in [-0.1, -0.05) is 25.1 Å². The van der Waals surface area contributed by atoms with E-state index in [9.17, 15) is 0 Å². The first-order chi connectivity index (χ1) is 10.2. The van der Waals surface area contributed by atoms with Crippen LogP contribution in [-0.4, -0.2) is 44.1 Å². The number of para-hydroxylation sites is 1. The van der Waals surface area contributed by atoms with Crippen molar-refractivity contribution in [2.75, 3.05) is 27.2 Å². The van der Waals surface area contributed by atoms with Gasteiger partial charge in [0, 0.05) is 37.2 Å². The lowest BCUT2D eigenvalue weighted by atomic mass is 9.96. The van der Waals surface area contributed by atoms with Gasteiger partial charge in [0.1, 0.15) is 5.75 Å². The summed E-state index contributed by atoms with van der Waals surface area (Å²) in [6.45, 7) is 4.55. The molecule has 2 fully saturated rings. The van der Waals surface area contributed by atoms with Gasteiger partial charge in [-0.25, -0.2) is 0 Å². The number of rotatable bonds is 3. The Bertz CT molecular complexity index is 537. The van der Waals surface area contributed by atoms with Crippen LogP contribution in [-0.2, 0) is 5.41 Å². The standard InChI is InChI=1S/C17H25N3O/c1-17(13-8-4-5-9-14(13)21-3)12-15(17)19-16(18-2)20-10-6-7-11-20/h4-5,8-9,15H,6-7,10-12H2,1-3H3,(H,18,19). The molecule has 1 aromatic carbocycles. The Labute approximate surface area is 127 Å². The highest BCUT2D eigenvalue weighted by molar-refractivity contribution is 5.81. The molecule has 1 aliphatic heterocycles. The molecule has 1 aromatic rings. The third-order valence-corrected chi connectivity index (χ3v) is 4.88. The third kappa shape index (κ3) is 2.59. The average Bonchev–Trinajstić information content (AvgIpc) is 2.93. The molecule has 0 amide bonds. The van der Waals surface area contributed by atoms with E-state index in [1.165, 1.54) is 18.4 Å². The normalized spacial score (nSPS) is 28.6. The average molecular weight is 287 g/mol. The molecule has 114 valence electrons. The summed E-state index contributed by atoms with van der Waals surface area (Å²) >= 11 is 0. The molecule has 0 bridgehead atoms. The first-order valence-corrected chi connectivity index (χ1v) is 7.81. The predicted molar refractivity (Wildman–Crippen MR) is 86.1 cm³/mol. The number of hydrogen-bond acceptors (Lipinski definition) is 2. The maximum absolute atomic E-state index is 5.52. The van der Waals surface area contributed by atoms with E-state index in [0.29, 0.717) is 6.04 Å². The van der Waals surface area contributed by atoms with Gasteiger partial charge in [-0.3, -0.25) is 4.99 Å². The zero-order valence-electron chi connectivity index (χ0n) is 13.2. The summed E-state index contributed by atoms with van der Waals surface area (Å²) in [5.41, 5.74) is 1.43. The van der Waals surface area contributed by atoms with Crippen LogP contribution in [0.5, 0.6) is 5.75 Å². The molecular weight excluding hydrogens is 262 g/mol. The Hall–Kier alpha value is -1.71. The molecule has 1 heterocycles. The van der Waals surface area contributed by atoms with Crippen LogP contribution in [0.1, 0.15) is 31.7 Å². The van der Waals surface area contributed by atoms with Crippen molar-refractivity contribution in [3.8, 4) is 5.75 Å². The maximum Gasteiger partial charge on any atom is 0.193 e. The quantitative estimate of drug-likeness (QED) is 0.685. The second-order valence-corrected chi connectivity index (χ2v) is 6.26. The van der Waals surface area contributed by atoms with Gasteiger partial charge >= 0.3 is 0 Å². The highest BCUT2D eigenvalue weighted by Crippen LogP contribution is 2.51. The minimum absolute atomic E-state index is 0.141. The molecule has 2 atom stereocenters. The smallest absolute Gasteiger partial charge is 0.193 e. The number of aliphatic imine (C=N–C) groups is 1. The number of ether oxygens (including phenoxy) is 1. The Balaban J connectivity index is 1.72. The van der Waals surface area contributed by atoms with Gasteiger partial charge in [0.05, 0.1) is 7.11 Å². The van der Waals surface area contributed by atoms with E-state index in [1.54, 1.807) is 7.11 Å². The van der Waals surface area contributed by atoms with E-state index >= 15 is 0 Å². The number of methoxy groups -OCH3 is 1. The molecule has 1 saturated heterocycles. The molecular formula is C17H25N3O. The monoisotopic (exact) mass is 287 g/mol. The van der Waals surface area contributed by atoms with Gasteiger partial charge in [0.25, 0.3) is 0 Å². The van der Waals surface area contributed by atoms with Crippen LogP contribution in [0.4, 0.5) is 0 Å². The fourth-order valence-electron chi connectivity index (χ4n) is 3.37. The molecule has 0 aromatic heterocycles. The summed E-state index contributed by atoms with van der Waals surface area (Å²) in [6.07, 6.45) is 3.67. The van der Waals surface area contributed by atoms with E-state index in [4.69, 9.17) is 4.74 Å². The van der Waals surface area contributed by atoms with Crippen LogP contribution in [0.15, 0.2) is 29.3 Å². The molecule has 1 saturated carbocycles. The summed E-state index contributed by atoms with van der Waals surface area (Å²) in [4.78, 5) is 6.81. The lowest BCUT2D eigenvalue weighted by molar-refractivity contribution is 0.404. The Morgan fingerprint density at radius 2 is 2.05 bits per heavy atom. The van der Waals surface area contributed by atoms with Crippen molar-refractivity contribution in [1.29, 1.82) is 0 Å². The van der Waals surface area contributed by atoms with E-state index in [2.05, 4.69) is 34.3 Å².